The highest BCUT2D eigenvalue weighted by Crippen LogP contribution is 2.42. The lowest BCUT2D eigenvalue weighted by Crippen LogP contribution is -2.39. The number of nitrogens with zero attached hydrogens (tertiary/aromatic N) is 1. The quantitative estimate of drug-likeness (QED) is 0.526. The van der Waals surface area contributed by atoms with Gasteiger partial charge in [0.25, 0.3) is 0 Å². The molecule has 0 aromatic heterocycles. The largest absolute Gasteiger partial charge is 0.368 e. The highest BCUT2D eigenvalue weighted by Gasteiger charge is 2.39. The normalized spacial score (nSPS) is 20.7. The summed E-state index contributed by atoms with van der Waals surface area (Å²) in [6.45, 7) is 1.84. The fourth-order valence-electron chi connectivity index (χ4n) is 3.59. The zero-order chi connectivity index (χ0) is 20.6. The Morgan fingerprint density at radius 2 is 2.04 bits per heavy atom. The first-order chi connectivity index (χ1) is 13.1. The van der Waals surface area contributed by atoms with Crippen molar-refractivity contribution in [1.82, 2.24) is 15.5 Å². The fraction of sp³-hybridized carbons (Fsp3) is 0.526. The summed E-state index contributed by atoms with van der Waals surface area (Å²) >= 11 is 0. The topological polar surface area (TPSA) is 119 Å². The number of urea groups is 1. The van der Waals surface area contributed by atoms with E-state index in [1.165, 1.54) is 4.90 Å². The lowest BCUT2D eigenvalue weighted by molar-refractivity contribution is -0.0457. The van der Waals surface area contributed by atoms with Crippen LogP contribution < -0.4 is 10.6 Å². The predicted octanol–water partition coefficient (Wildman–Crippen LogP) is 1.28. The van der Waals surface area contributed by atoms with Crippen molar-refractivity contribution in [2.24, 2.45) is 5.92 Å². The van der Waals surface area contributed by atoms with Gasteiger partial charge in [0.05, 0.1) is 5.25 Å². The van der Waals surface area contributed by atoms with E-state index in [0.29, 0.717) is 17.0 Å². The standard InChI is InChI=1S/C19H27N3O5S/c1-11-4-7-13(14(8-11)16(9-17(23)24)28(3,26)27)18-21-15(12-5-6-12)10-22(18)19(25)20-2/h4,7-8,10,12,16-18,21,23-24H,5-6,9H2,1-3H3,(H,20,25). The maximum absolute atomic E-state index is 12.5. The number of aliphatic hydroxyl groups excluding tert-OH is 1. The highest BCUT2D eigenvalue weighted by atomic mass is 32.2. The molecule has 2 atom stereocenters. The lowest BCUT2D eigenvalue weighted by atomic mass is 9.97. The number of rotatable bonds is 6. The predicted molar refractivity (Wildman–Crippen MR) is 105 cm³/mol. The van der Waals surface area contributed by atoms with Gasteiger partial charge in [0, 0.05) is 37.5 Å². The number of carbonyl (C=O) groups is 1. The van der Waals surface area contributed by atoms with Crippen molar-refractivity contribution < 1.29 is 23.4 Å². The molecule has 3 rings (SSSR count). The van der Waals surface area contributed by atoms with Crippen LogP contribution in [0, 0.1) is 12.8 Å². The molecule has 0 saturated heterocycles. The summed E-state index contributed by atoms with van der Waals surface area (Å²) in [5.74, 6) is 0.385. The maximum atomic E-state index is 12.5. The molecule has 2 aliphatic rings. The van der Waals surface area contributed by atoms with Crippen LogP contribution in [0.25, 0.3) is 0 Å². The SMILES string of the molecule is CNC(=O)N1C=C(C2CC2)NC1c1ccc(C)cc1C(CC(O)O)S(C)(=O)=O. The summed E-state index contributed by atoms with van der Waals surface area (Å²) < 4.78 is 24.9. The van der Waals surface area contributed by atoms with Crippen LogP contribution in [0.1, 0.15) is 47.4 Å². The first kappa shape index (κ1) is 20.6. The van der Waals surface area contributed by atoms with Gasteiger partial charge in [-0.15, -0.1) is 0 Å². The van der Waals surface area contributed by atoms with E-state index in [1.807, 2.05) is 13.0 Å². The Balaban J connectivity index is 2.07. The molecule has 0 spiro atoms. The number of carbonyl (C=O) groups excluding carboxylic acids is 1. The van der Waals surface area contributed by atoms with Gasteiger partial charge >= 0.3 is 6.03 Å². The minimum Gasteiger partial charge on any atom is -0.368 e. The van der Waals surface area contributed by atoms with Crippen molar-refractivity contribution in [3.8, 4) is 0 Å². The molecule has 28 heavy (non-hydrogen) atoms. The average molecular weight is 410 g/mol. The van der Waals surface area contributed by atoms with E-state index in [-0.39, 0.29) is 12.5 Å². The molecule has 0 radical (unpaired) electrons. The highest BCUT2D eigenvalue weighted by molar-refractivity contribution is 7.90. The second kappa shape index (κ2) is 7.73. The maximum Gasteiger partial charge on any atom is 0.323 e. The molecular weight excluding hydrogens is 382 g/mol. The molecule has 1 saturated carbocycles. The molecule has 1 aromatic rings. The number of benzene rings is 1. The number of hydrogen-bond donors (Lipinski definition) is 4. The van der Waals surface area contributed by atoms with Gasteiger partial charge in [0.2, 0.25) is 0 Å². The van der Waals surface area contributed by atoms with Crippen LogP contribution in [0.3, 0.4) is 0 Å². The van der Waals surface area contributed by atoms with Crippen LogP contribution in [-0.2, 0) is 9.84 Å². The molecule has 1 aliphatic heterocycles. The second-order valence-electron chi connectivity index (χ2n) is 7.53. The zero-order valence-electron chi connectivity index (χ0n) is 16.2. The molecule has 8 nitrogen and oxygen atoms in total. The Kier molecular flexibility index (Phi) is 5.69. The lowest BCUT2D eigenvalue weighted by Gasteiger charge is -2.29. The smallest absolute Gasteiger partial charge is 0.323 e. The Labute approximate surface area is 165 Å². The van der Waals surface area contributed by atoms with E-state index >= 15 is 0 Å². The van der Waals surface area contributed by atoms with Crippen molar-refractivity contribution in [1.29, 1.82) is 0 Å². The summed E-state index contributed by atoms with van der Waals surface area (Å²) in [5.41, 5.74) is 2.89. The molecule has 1 aliphatic carbocycles. The molecule has 0 bridgehead atoms. The van der Waals surface area contributed by atoms with Gasteiger partial charge in [0.15, 0.2) is 16.1 Å². The van der Waals surface area contributed by atoms with Crippen LogP contribution in [0.2, 0.25) is 0 Å². The minimum atomic E-state index is -3.63. The molecule has 4 N–H and O–H groups in total. The monoisotopic (exact) mass is 409 g/mol. The molecule has 2 unspecified atom stereocenters. The summed E-state index contributed by atoms with van der Waals surface area (Å²) in [6, 6.07) is 5.08. The van der Waals surface area contributed by atoms with Crippen molar-refractivity contribution >= 4 is 15.9 Å². The molecule has 154 valence electrons. The fourth-order valence-corrected chi connectivity index (χ4v) is 4.77. The Bertz CT molecular complexity index is 893. The van der Waals surface area contributed by atoms with E-state index in [0.717, 1.165) is 30.4 Å². The van der Waals surface area contributed by atoms with Crippen LogP contribution in [0.5, 0.6) is 0 Å². The van der Waals surface area contributed by atoms with Crippen molar-refractivity contribution in [2.75, 3.05) is 13.3 Å². The van der Waals surface area contributed by atoms with Crippen LogP contribution in [0.4, 0.5) is 4.79 Å². The average Bonchev–Trinajstić information content (AvgIpc) is 3.37. The summed E-state index contributed by atoms with van der Waals surface area (Å²) in [5, 5.41) is 23.8. The molecule has 1 heterocycles. The number of hydrogen-bond acceptors (Lipinski definition) is 6. The number of sulfone groups is 1. The van der Waals surface area contributed by atoms with E-state index in [1.54, 1.807) is 25.4 Å². The first-order valence-corrected chi connectivity index (χ1v) is 11.2. The molecule has 9 heteroatoms. The Morgan fingerprint density at radius 1 is 1.36 bits per heavy atom. The van der Waals surface area contributed by atoms with Gasteiger partial charge in [0.1, 0.15) is 6.17 Å². The van der Waals surface area contributed by atoms with E-state index < -0.39 is 27.5 Å². The number of allylic oxidation sites excluding steroid dienone is 1. The van der Waals surface area contributed by atoms with Crippen molar-refractivity contribution in [3.63, 3.8) is 0 Å². The van der Waals surface area contributed by atoms with Gasteiger partial charge < -0.3 is 20.8 Å². The molecule has 1 aromatic carbocycles. The number of nitrogens with one attached hydrogen (secondary N) is 2. The number of aryl methyl sites for hydroxylation is 1. The van der Waals surface area contributed by atoms with Gasteiger partial charge in [-0.2, -0.15) is 0 Å². The number of aliphatic hydroxyl groups is 2. The molecular formula is C19H27N3O5S. The van der Waals surface area contributed by atoms with Crippen LogP contribution in [0.15, 0.2) is 30.1 Å². The molecule has 1 fully saturated rings. The van der Waals surface area contributed by atoms with Gasteiger partial charge in [-0.3, -0.25) is 4.90 Å². The zero-order valence-corrected chi connectivity index (χ0v) is 17.0. The third-order valence-electron chi connectivity index (χ3n) is 5.15. The van der Waals surface area contributed by atoms with E-state index in [9.17, 15) is 23.4 Å². The van der Waals surface area contributed by atoms with Crippen LogP contribution in [-0.4, -0.2) is 49.2 Å². The van der Waals surface area contributed by atoms with Crippen molar-refractivity contribution in [2.45, 2.75) is 43.9 Å². The summed E-state index contributed by atoms with van der Waals surface area (Å²) in [4.78, 5) is 14.0. The van der Waals surface area contributed by atoms with Crippen molar-refractivity contribution in [3.05, 3.63) is 46.8 Å². The van der Waals surface area contributed by atoms with E-state index in [2.05, 4.69) is 10.6 Å². The third kappa shape index (κ3) is 4.31. The van der Waals surface area contributed by atoms with Crippen LogP contribution >= 0.6 is 0 Å². The molecule has 2 amide bonds. The summed E-state index contributed by atoms with van der Waals surface area (Å²) in [7, 11) is -2.09. The van der Waals surface area contributed by atoms with E-state index in [4.69, 9.17) is 0 Å². The second-order valence-corrected chi connectivity index (χ2v) is 9.76. The first-order valence-electron chi connectivity index (χ1n) is 9.25. The third-order valence-corrected chi connectivity index (χ3v) is 6.63. The Morgan fingerprint density at radius 3 is 2.57 bits per heavy atom. The van der Waals surface area contributed by atoms with Gasteiger partial charge in [-0.25, -0.2) is 13.2 Å². The van der Waals surface area contributed by atoms with Gasteiger partial charge in [-0.05, 0) is 30.9 Å². The summed E-state index contributed by atoms with van der Waals surface area (Å²) in [6.07, 6.45) is 2.30. The Hall–Kier alpha value is -2.10. The van der Waals surface area contributed by atoms with Gasteiger partial charge in [-0.1, -0.05) is 23.8 Å². The minimum absolute atomic E-state index is 0.308. The number of amides is 2.